The Morgan fingerprint density at radius 3 is 2.84 bits per heavy atom. The van der Waals surface area contributed by atoms with Crippen LogP contribution in [0.5, 0.6) is 0 Å². The molecule has 0 saturated heterocycles. The highest BCUT2D eigenvalue weighted by molar-refractivity contribution is 8.00. The van der Waals surface area contributed by atoms with Crippen molar-refractivity contribution in [2.45, 2.75) is 31.7 Å². The second kappa shape index (κ2) is 6.06. The zero-order chi connectivity index (χ0) is 13.8. The van der Waals surface area contributed by atoms with E-state index in [1.54, 1.807) is 28.7 Å². The summed E-state index contributed by atoms with van der Waals surface area (Å²) in [6.07, 6.45) is 1.69. The van der Waals surface area contributed by atoms with Gasteiger partial charge in [-0.15, -0.1) is 11.8 Å². The van der Waals surface area contributed by atoms with Gasteiger partial charge in [0, 0.05) is 17.1 Å². The molecule has 0 bridgehead atoms. The van der Waals surface area contributed by atoms with Gasteiger partial charge in [0.1, 0.15) is 5.69 Å². The van der Waals surface area contributed by atoms with Gasteiger partial charge in [-0.25, -0.2) is 0 Å². The molecule has 0 amide bonds. The predicted molar refractivity (Wildman–Crippen MR) is 78.8 cm³/mol. The molecular formula is C15H18N2OS. The quantitative estimate of drug-likeness (QED) is 0.615. The predicted octanol–water partition coefficient (Wildman–Crippen LogP) is 3.75. The van der Waals surface area contributed by atoms with Gasteiger partial charge in [0.15, 0.2) is 5.78 Å². The summed E-state index contributed by atoms with van der Waals surface area (Å²) in [6.45, 7) is 6.11. The van der Waals surface area contributed by atoms with Gasteiger partial charge in [-0.3, -0.25) is 9.48 Å². The molecule has 0 fully saturated rings. The zero-order valence-electron chi connectivity index (χ0n) is 11.5. The Hall–Kier alpha value is -1.55. The van der Waals surface area contributed by atoms with E-state index < -0.39 is 0 Å². The van der Waals surface area contributed by atoms with Crippen LogP contribution in [0.4, 0.5) is 0 Å². The van der Waals surface area contributed by atoms with E-state index in [-0.39, 0.29) is 11.8 Å². The molecule has 0 unspecified atom stereocenters. The van der Waals surface area contributed by atoms with Crippen LogP contribution in [0.3, 0.4) is 0 Å². The molecule has 2 aromatic rings. The van der Waals surface area contributed by atoms with Crippen molar-refractivity contribution in [3.8, 4) is 0 Å². The average molecular weight is 274 g/mol. The van der Waals surface area contributed by atoms with E-state index in [9.17, 15) is 4.79 Å². The Morgan fingerprint density at radius 1 is 1.37 bits per heavy atom. The summed E-state index contributed by atoms with van der Waals surface area (Å²) in [5.74, 6) is 0.569. The minimum absolute atomic E-state index is 0.123. The number of benzene rings is 1. The van der Waals surface area contributed by atoms with Crippen molar-refractivity contribution in [1.82, 2.24) is 9.78 Å². The average Bonchev–Trinajstić information content (AvgIpc) is 2.85. The van der Waals surface area contributed by atoms with Crippen LogP contribution in [-0.2, 0) is 0 Å². The second-order valence-electron chi connectivity index (χ2n) is 4.78. The third-order valence-electron chi connectivity index (χ3n) is 2.80. The maximum atomic E-state index is 12.2. The Labute approximate surface area is 118 Å². The molecule has 4 heteroatoms. The Kier molecular flexibility index (Phi) is 4.43. The molecule has 3 nitrogen and oxygen atoms in total. The number of rotatable bonds is 5. The molecular weight excluding hydrogens is 256 g/mol. The molecule has 1 aromatic heterocycles. The molecule has 2 rings (SSSR count). The van der Waals surface area contributed by atoms with Gasteiger partial charge >= 0.3 is 0 Å². The van der Waals surface area contributed by atoms with Crippen LogP contribution in [0, 0.1) is 6.92 Å². The molecule has 0 saturated carbocycles. The first kappa shape index (κ1) is 13.9. The van der Waals surface area contributed by atoms with Crippen LogP contribution >= 0.6 is 11.8 Å². The summed E-state index contributed by atoms with van der Waals surface area (Å²) in [4.78, 5) is 13.3. The van der Waals surface area contributed by atoms with Gasteiger partial charge in [0.2, 0.25) is 0 Å². The number of carbonyl (C=O) groups excluding carboxylic acids is 1. The number of ketones is 1. The topological polar surface area (TPSA) is 34.9 Å². The van der Waals surface area contributed by atoms with Crippen LogP contribution in [0.25, 0.3) is 0 Å². The zero-order valence-corrected chi connectivity index (χ0v) is 12.3. The molecule has 19 heavy (non-hydrogen) atoms. The van der Waals surface area contributed by atoms with E-state index in [1.807, 2.05) is 26.0 Å². The summed E-state index contributed by atoms with van der Waals surface area (Å²) in [6, 6.07) is 10.2. The molecule has 1 aromatic carbocycles. The Bertz CT molecular complexity index is 575. The fraction of sp³-hybridized carbons (Fsp3) is 0.333. The fourth-order valence-electron chi connectivity index (χ4n) is 1.87. The van der Waals surface area contributed by atoms with Gasteiger partial charge in [-0.1, -0.05) is 17.7 Å². The minimum Gasteiger partial charge on any atom is -0.292 e. The Balaban J connectivity index is 2.03. The smallest absolute Gasteiger partial charge is 0.191 e. The third kappa shape index (κ3) is 3.47. The molecule has 0 aliphatic rings. The van der Waals surface area contributed by atoms with Crippen LogP contribution in [0.15, 0.2) is 41.4 Å². The van der Waals surface area contributed by atoms with Crippen LogP contribution in [0.1, 0.15) is 35.9 Å². The normalized spacial score (nSPS) is 10.9. The van der Waals surface area contributed by atoms with Gasteiger partial charge in [-0.2, -0.15) is 5.10 Å². The van der Waals surface area contributed by atoms with Crippen molar-refractivity contribution in [1.29, 1.82) is 0 Å². The standard InChI is InChI=1S/C15H18N2OS/c1-11(2)17-14(7-8-16-17)15(18)10-19-13-6-4-5-12(3)9-13/h4-9,11H,10H2,1-3H3. The SMILES string of the molecule is Cc1cccc(SCC(=O)c2ccnn2C(C)C)c1. The largest absolute Gasteiger partial charge is 0.292 e. The summed E-state index contributed by atoms with van der Waals surface area (Å²) in [5.41, 5.74) is 1.90. The molecule has 0 spiro atoms. The number of Topliss-reactive ketones (excluding diaryl/α,β-unsaturated/α-hetero) is 1. The van der Waals surface area contributed by atoms with E-state index in [1.165, 1.54) is 5.56 Å². The lowest BCUT2D eigenvalue weighted by Gasteiger charge is -2.09. The van der Waals surface area contributed by atoms with Crippen LogP contribution in [-0.4, -0.2) is 21.3 Å². The summed E-state index contributed by atoms with van der Waals surface area (Å²) < 4.78 is 1.78. The lowest BCUT2D eigenvalue weighted by molar-refractivity contribution is 0.101. The summed E-state index contributed by atoms with van der Waals surface area (Å²) in [5, 5.41) is 4.19. The molecule has 0 aliphatic heterocycles. The highest BCUT2D eigenvalue weighted by Gasteiger charge is 2.14. The number of nitrogens with zero attached hydrogens (tertiary/aromatic N) is 2. The van der Waals surface area contributed by atoms with Gasteiger partial charge in [0.05, 0.1) is 5.75 Å². The van der Waals surface area contributed by atoms with Crippen LogP contribution in [0.2, 0.25) is 0 Å². The number of hydrogen-bond acceptors (Lipinski definition) is 3. The molecule has 0 N–H and O–H groups in total. The first-order valence-corrected chi connectivity index (χ1v) is 7.32. The van der Waals surface area contributed by atoms with E-state index in [2.05, 4.69) is 24.2 Å². The molecule has 0 atom stereocenters. The third-order valence-corrected chi connectivity index (χ3v) is 3.80. The maximum Gasteiger partial charge on any atom is 0.191 e. The first-order chi connectivity index (χ1) is 9.08. The lowest BCUT2D eigenvalue weighted by Crippen LogP contribution is -2.14. The van der Waals surface area contributed by atoms with Crippen molar-refractivity contribution in [3.05, 3.63) is 47.8 Å². The molecule has 0 radical (unpaired) electrons. The number of aryl methyl sites for hydroxylation is 1. The summed E-state index contributed by atoms with van der Waals surface area (Å²) in [7, 11) is 0. The lowest BCUT2D eigenvalue weighted by atomic mass is 10.2. The molecule has 100 valence electrons. The van der Waals surface area contributed by atoms with Crippen molar-refractivity contribution >= 4 is 17.5 Å². The monoisotopic (exact) mass is 274 g/mol. The van der Waals surface area contributed by atoms with Gasteiger partial charge in [0.25, 0.3) is 0 Å². The highest BCUT2D eigenvalue weighted by atomic mass is 32.2. The first-order valence-electron chi connectivity index (χ1n) is 6.34. The van der Waals surface area contributed by atoms with Gasteiger partial charge < -0.3 is 0 Å². The van der Waals surface area contributed by atoms with Crippen LogP contribution < -0.4 is 0 Å². The Morgan fingerprint density at radius 2 is 2.16 bits per heavy atom. The van der Waals surface area contributed by atoms with Crippen molar-refractivity contribution in [3.63, 3.8) is 0 Å². The molecule has 1 heterocycles. The van der Waals surface area contributed by atoms with E-state index in [0.717, 1.165) is 4.90 Å². The van der Waals surface area contributed by atoms with E-state index in [4.69, 9.17) is 0 Å². The van der Waals surface area contributed by atoms with E-state index in [0.29, 0.717) is 11.4 Å². The van der Waals surface area contributed by atoms with Gasteiger partial charge in [-0.05, 0) is 39.0 Å². The number of thioether (sulfide) groups is 1. The molecule has 0 aliphatic carbocycles. The van der Waals surface area contributed by atoms with E-state index >= 15 is 0 Å². The minimum atomic E-state index is 0.123. The second-order valence-corrected chi connectivity index (χ2v) is 5.83. The number of aromatic nitrogens is 2. The fourth-order valence-corrected chi connectivity index (χ4v) is 2.76. The van der Waals surface area contributed by atoms with Crippen molar-refractivity contribution in [2.75, 3.05) is 5.75 Å². The number of hydrogen-bond donors (Lipinski definition) is 0. The van der Waals surface area contributed by atoms with Crippen molar-refractivity contribution < 1.29 is 4.79 Å². The number of carbonyl (C=O) groups is 1. The summed E-state index contributed by atoms with van der Waals surface area (Å²) >= 11 is 1.57. The maximum absolute atomic E-state index is 12.2. The highest BCUT2D eigenvalue weighted by Crippen LogP contribution is 2.20. The van der Waals surface area contributed by atoms with Crippen molar-refractivity contribution in [2.24, 2.45) is 0 Å².